The molecule has 0 aliphatic heterocycles. The molecule has 25 heavy (non-hydrogen) atoms. The molecule has 1 heterocycles. The first-order chi connectivity index (χ1) is 12.2. The Morgan fingerprint density at radius 2 is 1.96 bits per heavy atom. The predicted molar refractivity (Wildman–Crippen MR) is 107 cm³/mol. The fourth-order valence-electron chi connectivity index (χ4n) is 2.98. The molecule has 0 bridgehead atoms. The summed E-state index contributed by atoms with van der Waals surface area (Å²) in [6.07, 6.45) is 5.13. The van der Waals surface area contributed by atoms with Crippen LogP contribution in [0.3, 0.4) is 0 Å². The van der Waals surface area contributed by atoms with Crippen molar-refractivity contribution in [3.63, 3.8) is 0 Å². The third-order valence-corrected chi connectivity index (χ3v) is 5.27. The minimum atomic E-state index is 0.198. The van der Waals surface area contributed by atoms with Gasteiger partial charge in [0.2, 0.25) is 0 Å². The van der Waals surface area contributed by atoms with E-state index in [1.54, 1.807) is 0 Å². The smallest absolute Gasteiger partial charge is 0.191 e. The second-order valence-electron chi connectivity index (χ2n) is 6.45. The summed E-state index contributed by atoms with van der Waals surface area (Å²) in [6, 6.07) is 14.5. The fourth-order valence-corrected chi connectivity index (χ4v) is 3.69. The number of benzene rings is 1. The van der Waals surface area contributed by atoms with E-state index in [0.717, 1.165) is 37.7 Å². The van der Waals surface area contributed by atoms with Crippen molar-refractivity contribution in [3.8, 4) is 0 Å². The van der Waals surface area contributed by atoms with Gasteiger partial charge in [0.05, 0.1) is 6.54 Å². The van der Waals surface area contributed by atoms with Crippen LogP contribution in [-0.4, -0.2) is 30.6 Å². The van der Waals surface area contributed by atoms with Gasteiger partial charge in [0, 0.05) is 41.3 Å². The Balaban J connectivity index is 1.59. The molecule has 1 aromatic carbocycles. The van der Waals surface area contributed by atoms with Crippen LogP contribution in [0.15, 0.2) is 58.1 Å². The van der Waals surface area contributed by atoms with Crippen molar-refractivity contribution in [1.29, 1.82) is 0 Å². The zero-order valence-electron chi connectivity index (χ0n) is 14.6. The van der Waals surface area contributed by atoms with Crippen LogP contribution in [0.1, 0.15) is 31.0 Å². The predicted octanol–water partition coefficient (Wildman–Crippen LogP) is 3.67. The highest BCUT2D eigenvalue weighted by Crippen LogP contribution is 2.50. The first kappa shape index (κ1) is 17.9. The molecule has 5 heteroatoms. The van der Waals surface area contributed by atoms with Gasteiger partial charge >= 0.3 is 0 Å². The fraction of sp³-hybridized carbons (Fsp3) is 0.400. The lowest BCUT2D eigenvalue weighted by atomic mass is 9.96. The summed E-state index contributed by atoms with van der Waals surface area (Å²) >= 11 is 3.69. The largest absolute Gasteiger partial charge is 0.357 e. The maximum absolute atomic E-state index is 4.85. The van der Waals surface area contributed by atoms with E-state index in [-0.39, 0.29) is 5.41 Å². The molecule has 2 aromatic rings. The highest BCUT2D eigenvalue weighted by molar-refractivity contribution is 9.10. The van der Waals surface area contributed by atoms with Crippen LogP contribution in [0.25, 0.3) is 0 Å². The van der Waals surface area contributed by atoms with Crippen LogP contribution in [0.5, 0.6) is 0 Å². The molecule has 1 fully saturated rings. The molecule has 1 aromatic heterocycles. The summed E-state index contributed by atoms with van der Waals surface area (Å²) in [4.78, 5) is 9.21. The Bertz CT molecular complexity index is 711. The molecule has 1 aliphatic rings. The van der Waals surface area contributed by atoms with Crippen LogP contribution in [0, 0.1) is 0 Å². The summed E-state index contributed by atoms with van der Waals surface area (Å²) in [7, 11) is 0. The number of nitrogens with one attached hydrogen (secondary N) is 2. The van der Waals surface area contributed by atoms with Crippen LogP contribution >= 0.6 is 15.9 Å². The molecule has 0 radical (unpaired) electrons. The van der Waals surface area contributed by atoms with E-state index in [9.17, 15) is 0 Å². The van der Waals surface area contributed by atoms with E-state index >= 15 is 0 Å². The number of halogens is 1. The van der Waals surface area contributed by atoms with Crippen LogP contribution in [0.4, 0.5) is 0 Å². The minimum absolute atomic E-state index is 0.198. The lowest BCUT2D eigenvalue weighted by Crippen LogP contribution is -2.39. The number of aliphatic imine (C=N–C) groups is 1. The highest BCUT2D eigenvalue weighted by Gasteiger charge is 2.45. The maximum atomic E-state index is 4.85. The van der Waals surface area contributed by atoms with Gasteiger partial charge in [0.15, 0.2) is 5.96 Å². The van der Waals surface area contributed by atoms with Crippen LogP contribution in [0.2, 0.25) is 0 Å². The maximum Gasteiger partial charge on any atom is 0.191 e. The zero-order chi connectivity index (χ0) is 17.5. The zero-order valence-corrected chi connectivity index (χ0v) is 16.2. The molecule has 2 N–H and O–H groups in total. The van der Waals surface area contributed by atoms with Gasteiger partial charge in [-0.1, -0.05) is 40.2 Å². The molecule has 1 aliphatic carbocycles. The number of hydrogen-bond acceptors (Lipinski definition) is 2. The van der Waals surface area contributed by atoms with Crippen molar-refractivity contribution >= 4 is 21.9 Å². The molecular formula is C20H25BrN4. The molecule has 3 rings (SSSR count). The minimum Gasteiger partial charge on any atom is -0.357 e. The number of rotatable bonds is 7. The molecule has 0 saturated heterocycles. The molecular weight excluding hydrogens is 376 g/mol. The Kier molecular flexibility index (Phi) is 6.08. The molecule has 0 atom stereocenters. The summed E-state index contributed by atoms with van der Waals surface area (Å²) in [5.41, 5.74) is 2.67. The van der Waals surface area contributed by atoms with Gasteiger partial charge in [-0.2, -0.15) is 0 Å². The monoisotopic (exact) mass is 400 g/mol. The van der Waals surface area contributed by atoms with Crippen LogP contribution < -0.4 is 10.6 Å². The van der Waals surface area contributed by atoms with Gasteiger partial charge in [-0.15, -0.1) is 0 Å². The van der Waals surface area contributed by atoms with Crippen molar-refractivity contribution in [2.45, 2.75) is 31.6 Å². The van der Waals surface area contributed by atoms with Gasteiger partial charge in [-0.05, 0) is 43.5 Å². The van der Waals surface area contributed by atoms with E-state index in [1.165, 1.54) is 22.9 Å². The third-order valence-electron chi connectivity index (χ3n) is 4.58. The summed E-state index contributed by atoms with van der Waals surface area (Å²) in [5.74, 6) is 0.886. The van der Waals surface area contributed by atoms with Crippen molar-refractivity contribution in [1.82, 2.24) is 15.6 Å². The third kappa shape index (κ3) is 4.82. The van der Waals surface area contributed by atoms with E-state index in [2.05, 4.69) is 68.8 Å². The van der Waals surface area contributed by atoms with Gasteiger partial charge in [0.25, 0.3) is 0 Å². The summed E-state index contributed by atoms with van der Waals surface area (Å²) in [5, 5.41) is 6.76. The summed E-state index contributed by atoms with van der Waals surface area (Å²) < 4.78 is 1.19. The standard InChI is InChI=1S/C20H25BrN4/c1-2-22-19(24-14-10-16-7-5-6-13-23-16)25-15-20(11-12-20)17-8-3-4-9-18(17)21/h3-9,13H,2,10-12,14-15H2,1H3,(H2,22,24,25). The number of hydrogen-bond donors (Lipinski definition) is 2. The Morgan fingerprint density at radius 1 is 1.16 bits per heavy atom. The molecule has 4 nitrogen and oxygen atoms in total. The second kappa shape index (κ2) is 8.48. The average molecular weight is 401 g/mol. The highest BCUT2D eigenvalue weighted by atomic mass is 79.9. The lowest BCUT2D eigenvalue weighted by Gasteiger charge is -2.17. The molecule has 0 amide bonds. The van der Waals surface area contributed by atoms with Crippen molar-refractivity contribution in [2.24, 2.45) is 4.99 Å². The topological polar surface area (TPSA) is 49.3 Å². The van der Waals surface area contributed by atoms with Crippen LogP contribution in [-0.2, 0) is 11.8 Å². The Morgan fingerprint density at radius 3 is 2.64 bits per heavy atom. The second-order valence-corrected chi connectivity index (χ2v) is 7.31. The number of guanidine groups is 1. The van der Waals surface area contributed by atoms with Gasteiger partial charge in [-0.3, -0.25) is 9.98 Å². The number of aromatic nitrogens is 1. The first-order valence-corrected chi connectivity index (χ1v) is 9.70. The van der Waals surface area contributed by atoms with Crippen molar-refractivity contribution in [3.05, 3.63) is 64.4 Å². The summed E-state index contributed by atoms with van der Waals surface area (Å²) in [6.45, 7) is 4.59. The van der Waals surface area contributed by atoms with Gasteiger partial charge in [-0.25, -0.2) is 0 Å². The van der Waals surface area contributed by atoms with E-state index < -0.39 is 0 Å². The number of pyridine rings is 1. The van der Waals surface area contributed by atoms with E-state index in [0.29, 0.717) is 0 Å². The molecule has 0 spiro atoms. The van der Waals surface area contributed by atoms with Crippen molar-refractivity contribution in [2.75, 3.05) is 19.6 Å². The normalized spacial score (nSPS) is 15.7. The molecule has 1 saturated carbocycles. The Hall–Kier alpha value is -1.88. The average Bonchev–Trinajstić information content (AvgIpc) is 3.42. The quantitative estimate of drug-likeness (QED) is 0.550. The SMILES string of the molecule is CCNC(=NCC1(c2ccccc2Br)CC1)NCCc1ccccn1. The Labute approximate surface area is 158 Å². The van der Waals surface area contributed by atoms with E-state index in [4.69, 9.17) is 4.99 Å². The number of nitrogens with zero attached hydrogens (tertiary/aromatic N) is 2. The molecule has 0 unspecified atom stereocenters. The molecule has 132 valence electrons. The van der Waals surface area contributed by atoms with Crippen molar-refractivity contribution < 1.29 is 0 Å². The first-order valence-electron chi connectivity index (χ1n) is 8.91. The van der Waals surface area contributed by atoms with Gasteiger partial charge in [0.1, 0.15) is 0 Å². The van der Waals surface area contributed by atoms with E-state index in [1.807, 2.05) is 18.3 Å². The van der Waals surface area contributed by atoms with Gasteiger partial charge < -0.3 is 10.6 Å². The lowest BCUT2D eigenvalue weighted by molar-refractivity contribution is 0.688.